The molecule has 1 amide bonds. The van der Waals surface area contributed by atoms with Gasteiger partial charge in [-0.15, -0.1) is 0 Å². The van der Waals surface area contributed by atoms with E-state index in [0.717, 1.165) is 24.5 Å². The first-order chi connectivity index (χ1) is 16.5. The Kier molecular flexibility index (Phi) is 5.33. The lowest BCUT2D eigenvalue weighted by Gasteiger charge is -2.20. The normalized spacial score (nSPS) is 17.7. The highest BCUT2D eigenvalue weighted by Crippen LogP contribution is 2.30. The van der Waals surface area contributed by atoms with Crippen molar-refractivity contribution in [2.75, 3.05) is 23.3 Å². The van der Waals surface area contributed by atoms with Crippen LogP contribution in [0.1, 0.15) is 29.8 Å². The second kappa shape index (κ2) is 8.47. The molecule has 0 radical (unpaired) electrons. The van der Waals surface area contributed by atoms with Crippen molar-refractivity contribution in [3.05, 3.63) is 54.2 Å². The van der Waals surface area contributed by atoms with Crippen LogP contribution in [0.4, 0.5) is 11.5 Å². The summed E-state index contributed by atoms with van der Waals surface area (Å²) in [5, 5.41) is 21.2. The van der Waals surface area contributed by atoms with Crippen LogP contribution in [-0.2, 0) is 6.54 Å². The lowest BCUT2D eigenvalue weighted by Crippen LogP contribution is -2.30. The summed E-state index contributed by atoms with van der Waals surface area (Å²) in [4.78, 5) is 23.6. The number of nitrogens with two attached hydrogens (primary N) is 1. The van der Waals surface area contributed by atoms with Gasteiger partial charge in [-0.25, -0.2) is 14.5 Å². The predicted octanol–water partition coefficient (Wildman–Crippen LogP) is 1.92. The van der Waals surface area contributed by atoms with Crippen molar-refractivity contribution in [1.82, 2.24) is 29.4 Å². The molecule has 34 heavy (non-hydrogen) atoms. The van der Waals surface area contributed by atoms with Gasteiger partial charge < -0.3 is 16.0 Å². The Morgan fingerprint density at radius 3 is 2.76 bits per heavy atom. The van der Waals surface area contributed by atoms with Crippen LogP contribution in [0.2, 0.25) is 0 Å². The highest BCUT2D eigenvalue weighted by atomic mass is 16.1. The molecule has 3 N–H and O–H groups in total. The van der Waals surface area contributed by atoms with Crippen molar-refractivity contribution in [2.45, 2.75) is 26.4 Å². The molecule has 172 valence electrons. The number of rotatable bonds is 6. The second-order valence-electron chi connectivity index (χ2n) is 8.43. The van der Waals surface area contributed by atoms with E-state index in [1.807, 2.05) is 30.1 Å². The molecule has 11 heteroatoms. The van der Waals surface area contributed by atoms with Gasteiger partial charge in [0.2, 0.25) is 0 Å². The van der Waals surface area contributed by atoms with Gasteiger partial charge in [0, 0.05) is 43.6 Å². The second-order valence-corrected chi connectivity index (χ2v) is 8.43. The van der Waals surface area contributed by atoms with Crippen LogP contribution in [0, 0.1) is 17.2 Å². The molecule has 0 saturated carbocycles. The number of carbonyl (C=O) groups excluding carboxylic acids is 1. The van der Waals surface area contributed by atoms with E-state index in [4.69, 9.17) is 16.0 Å². The quantitative estimate of drug-likeness (QED) is 0.448. The number of imidazole rings is 1. The molecule has 1 aliphatic heterocycles. The summed E-state index contributed by atoms with van der Waals surface area (Å²) < 4.78 is 3.47. The maximum absolute atomic E-state index is 12.2. The van der Waals surface area contributed by atoms with Gasteiger partial charge in [-0.3, -0.25) is 9.48 Å². The molecule has 0 bridgehead atoms. The molecule has 1 aliphatic rings. The number of aromatic nitrogens is 6. The first-order valence-corrected chi connectivity index (χ1v) is 11.1. The number of pyridine rings is 1. The smallest absolute Gasteiger partial charge is 0.252 e. The van der Waals surface area contributed by atoms with Gasteiger partial charge in [-0.2, -0.15) is 15.5 Å². The minimum atomic E-state index is -0.572. The Balaban J connectivity index is 1.47. The number of hydrogen-bond acceptors (Lipinski definition) is 8. The van der Waals surface area contributed by atoms with Crippen molar-refractivity contribution in [3.8, 4) is 17.3 Å². The topological polar surface area (TPSA) is 143 Å². The maximum Gasteiger partial charge on any atom is 0.252 e. The zero-order chi connectivity index (χ0) is 23.8. The number of hydrogen-bond donors (Lipinski definition) is 2. The number of nitrogens with one attached hydrogen (secondary N) is 1. The molecule has 11 nitrogen and oxygen atoms in total. The van der Waals surface area contributed by atoms with Gasteiger partial charge in [-0.1, -0.05) is 6.92 Å². The molecule has 4 aromatic rings. The van der Waals surface area contributed by atoms with Crippen LogP contribution in [-0.4, -0.2) is 54.4 Å². The van der Waals surface area contributed by atoms with E-state index in [2.05, 4.69) is 38.4 Å². The van der Waals surface area contributed by atoms with E-state index >= 15 is 0 Å². The summed E-state index contributed by atoms with van der Waals surface area (Å²) in [6.45, 7) is 6.36. The average Bonchev–Trinajstić information content (AvgIpc) is 3.57. The summed E-state index contributed by atoms with van der Waals surface area (Å²) in [6.07, 6.45) is 8.54. The number of aryl methyl sites for hydroxylation is 1. The van der Waals surface area contributed by atoms with Gasteiger partial charge in [0.25, 0.3) is 5.91 Å². The SMILES string of the molecule is CCn1cc(-c2cn3ncc(C(N)=O)c(N[C@@H]4CN(c5ccc(C#N)cn5)C[C@@H]4C)c3n2)cn1. The van der Waals surface area contributed by atoms with Gasteiger partial charge in [0.05, 0.1) is 41.1 Å². The number of anilines is 2. The monoisotopic (exact) mass is 456 g/mol. The fourth-order valence-corrected chi connectivity index (χ4v) is 4.24. The third-order valence-corrected chi connectivity index (χ3v) is 6.15. The molecule has 1 fully saturated rings. The predicted molar refractivity (Wildman–Crippen MR) is 126 cm³/mol. The summed E-state index contributed by atoms with van der Waals surface area (Å²) in [5.41, 5.74) is 9.15. The van der Waals surface area contributed by atoms with Crippen molar-refractivity contribution < 1.29 is 4.79 Å². The molecule has 5 rings (SSSR count). The Morgan fingerprint density at radius 1 is 1.24 bits per heavy atom. The molecule has 2 atom stereocenters. The van der Waals surface area contributed by atoms with E-state index in [0.29, 0.717) is 29.1 Å². The third kappa shape index (κ3) is 3.79. The zero-order valence-electron chi connectivity index (χ0n) is 18.9. The molecule has 5 heterocycles. The number of carbonyl (C=O) groups is 1. The Labute approximate surface area is 195 Å². The number of nitriles is 1. The molecule has 1 saturated heterocycles. The van der Waals surface area contributed by atoms with Gasteiger partial charge in [0.15, 0.2) is 5.65 Å². The van der Waals surface area contributed by atoms with Crippen molar-refractivity contribution in [1.29, 1.82) is 5.26 Å². The van der Waals surface area contributed by atoms with Crippen molar-refractivity contribution in [2.24, 2.45) is 11.7 Å². The summed E-state index contributed by atoms with van der Waals surface area (Å²) in [6, 6.07) is 5.72. The van der Waals surface area contributed by atoms with Crippen LogP contribution in [0.3, 0.4) is 0 Å². The van der Waals surface area contributed by atoms with Crippen LogP contribution >= 0.6 is 0 Å². The highest BCUT2D eigenvalue weighted by molar-refractivity contribution is 6.01. The van der Waals surface area contributed by atoms with Gasteiger partial charge in [-0.05, 0) is 25.0 Å². The van der Waals surface area contributed by atoms with E-state index in [9.17, 15) is 4.79 Å². The maximum atomic E-state index is 12.2. The summed E-state index contributed by atoms with van der Waals surface area (Å²) in [5.74, 6) is 0.488. The fourth-order valence-electron chi connectivity index (χ4n) is 4.24. The Hall–Kier alpha value is -4.46. The lowest BCUT2D eigenvalue weighted by molar-refractivity contribution is 0.100. The highest BCUT2D eigenvalue weighted by Gasteiger charge is 2.32. The first kappa shape index (κ1) is 21.4. The minimum Gasteiger partial charge on any atom is -0.376 e. The van der Waals surface area contributed by atoms with Gasteiger partial charge >= 0.3 is 0 Å². The van der Waals surface area contributed by atoms with E-state index in [1.165, 1.54) is 6.20 Å². The van der Waals surface area contributed by atoms with Crippen LogP contribution in [0.25, 0.3) is 16.9 Å². The molecule has 0 aromatic carbocycles. The minimum absolute atomic E-state index is 0.0183. The van der Waals surface area contributed by atoms with Gasteiger partial charge in [0.1, 0.15) is 11.9 Å². The standard InChI is InChI=1S/C23H24N10O/c1-3-32-11-16(8-27-32)19-13-33-23(30-19)21(17(9-28-33)22(25)34)29-18-12-31(10-14(18)2)20-5-4-15(6-24)7-26-20/h4-5,7-9,11,13-14,18,29H,3,10,12H2,1-2H3,(H2,25,34)/t14-,18+/m0/s1. The Bertz CT molecular complexity index is 1400. The lowest BCUT2D eigenvalue weighted by atomic mass is 10.1. The largest absolute Gasteiger partial charge is 0.376 e. The van der Waals surface area contributed by atoms with E-state index in [1.54, 1.807) is 23.0 Å². The number of nitrogens with zero attached hydrogens (tertiary/aromatic N) is 8. The summed E-state index contributed by atoms with van der Waals surface area (Å²) >= 11 is 0. The number of fused-ring (bicyclic) bond motifs is 1. The van der Waals surface area contributed by atoms with Crippen LogP contribution in [0.5, 0.6) is 0 Å². The molecule has 0 spiro atoms. The number of amides is 1. The number of primary amides is 1. The average molecular weight is 457 g/mol. The molecule has 0 unspecified atom stereocenters. The van der Waals surface area contributed by atoms with E-state index < -0.39 is 5.91 Å². The Morgan fingerprint density at radius 2 is 2.09 bits per heavy atom. The van der Waals surface area contributed by atoms with Crippen molar-refractivity contribution >= 4 is 23.1 Å². The van der Waals surface area contributed by atoms with E-state index in [-0.39, 0.29) is 17.5 Å². The van der Waals surface area contributed by atoms with Crippen LogP contribution in [0.15, 0.2) is 43.1 Å². The summed E-state index contributed by atoms with van der Waals surface area (Å²) in [7, 11) is 0. The molecule has 0 aliphatic carbocycles. The molecular weight excluding hydrogens is 432 g/mol. The third-order valence-electron chi connectivity index (χ3n) is 6.15. The van der Waals surface area contributed by atoms with Crippen molar-refractivity contribution in [3.63, 3.8) is 0 Å². The molecule has 4 aromatic heterocycles. The zero-order valence-corrected chi connectivity index (χ0v) is 18.9. The van der Waals surface area contributed by atoms with Crippen LogP contribution < -0.4 is 16.0 Å². The first-order valence-electron chi connectivity index (χ1n) is 11.1. The fraction of sp³-hybridized carbons (Fsp3) is 0.304. The molecular formula is C23H24N10O.